The van der Waals surface area contributed by atoms with Crippen LogP contribution in [-0.4, -0.2) is 37.2 Å². The van der Waals surface area contributed by atoms with Crippen LogP contribution in [0.2, 0.25) is 0 Å². The molecule has 19 heavy (non-hydrogen) atoms. The van der Waals surface area contributed by atoms with Crippen LogP contribution in [-0.2, 0) is 28.6 Å². The lowest BCUT2D eigenvalue weighted by Gasteiger charge is -2.13. The zero-order valence-corrected chi connectivity index (χ0v) is 11.9. The smallest absolute Gasteiger partial charge is 0.303 e. The van der Waals surface area contributed by atoms with Crippen LogP contribution in [0.4, 0.5) is 0 Å². The summed E-state index contributed by atoms with van der Waals surface area (Å²) in [7, 11) is 0. The minimum absolute atomic E-state index is 0.112. The summed E-state index contributed by atoms with van der Waals surface area (Å²) in [5.74, 6) is -1.40. The van der Waals surface area contributed by atoms with Crippen molar-refractivity contribution in [3.05, 3.63) is 11.1 Å². The van der Waals surface area contributed by atoms with Gasteiger partial charge in [-0.2, -0.15) is 0 Å². The Bertz CT molecular complexity index is 363. The van der Waals surface area contributed by atoms with Gasteiger partial charge < -0.3 is 14.2 Å². The fourth-order valence-electron chi connectivity index (χ4n) is 1.11. The van der Waals surface area contributed by atoms with Gasteiger partial charge in [0, 0.05) is 32.2 Å². The zero-order chi connectivity index (χ0) is 14.8. The van der Waals surface area contributed by atoms with Gasteiger partial charge in [0.1, 0.15) is 6.61 Å². The van der Waals surface area contributed by atoms with Crippen molar-refractivity contribution in [2.75, 3.05) is 13.2 Å². The SMILES string of the molecule is CC(=O)OCC/C(Cl)=C/[C@@H](COC(C)=O)OC(C)=O. The second-order valence-electron chi connectivity index (χ2n) is 3.65. The molecular formula is C12H17ClO6. The fraction of sp³-hybridized carbons (Fsp3) is 0.583. The average Bonchev–Trinajstić information content (AvgIpc) is 2.24. The first kappa shape index (κ1) is 17.4. The van der Waals surface area contributed by atoms with Crippen molar-refractivity contribution in [2.24, 2.45) is 0 Å². The molecule has 0 fully saturated rings. The largest absolute Gasteiger partial charge is 0.465 e. The first-order chi connectivity index (χ1) is 8.81. The lowest BCUT2D eigenvalue weighted by atomic mass is 10.3. The van der Waals surface area contributed by atoms with Crippen molar-refractivity contribution in [1.82, 2.24) is 0 Å². The maximum Gasteiger partial charge on any atom is 0.303 e. The van der Waals surface area contributed by atoms with Gasteiger partial charge in [0.05, 0.1) is 6.61 Å². The van der Waals surface area contributed by atoms with Gasteiger partial charge in [-0.15, -0.1) is 0 Å². The lowest BCUT2D eigenvalue weighted by Crippen LogP contribution is -2.22. The van der Waals surface area contributed by atoms with E-state index in [0.29, 0.717) is 11.5 Å². The number of hydrogen-bond acceptors (Lipinski definition) is 6. The Labute approximate surface area is 116 Å². The Hall–Kier alpha value is -1.56. The van der Waals surface area contributed by atoms with Gasteiger partial charge in [-0.25, -0.2) is 0 Å². The van der Waals surface area contributed by atoms with E-state index in [4.69, 9.17) is 25.8 Å². The maximum atomic E-state index is 10.9. The summed E-state index contributed by atoms with van der Waals surface area (Å²) in [4.78, 5) is 32.1. The third-order valence-electron chi connectivity index (χ3n) is 1.78. The molecule has 108 valence electrons. The van der Waals surface area contributed by atoms with Gasteiger partial charge in [0.2, 0.25) is 0 Å². The summed E-state index contributed by atoms with van der Waals surface area (Å²) in [5.41, 5.74) is 0. The van der Waals surface area contributed by atoms with Crippen LogP contribution in [0.15, 0.2) is 11.1 Å². The summed E-state index contributed by atoms with van der Waals surface area (Å²) in [5, 5.41) is 0.347. The van der Waals surface area contributed by atoms with Crippen LogP contribution in [0.25, 0.3) is 0 Å². The van der Waals surface area contributed by atoms with Gasteiger partial charge in [-0.05, 0) is 6.08 Å². The predicted molar refractivity (Wildman–Crippen MR) is 67.4 cm³/mol. The molecule has 0 bridgehead atoms. The highest BCUT2D eigenvalue weighted by Gasteiger charge is 2.12. The molecule has 0 aliphatic carbocycles. The molecule has 0 saturated carbocycles. The molecule has 0 radical (unpaired) electrons. The van der Waals surface area contributed by atoms with Crippen molar-refractivity contribution in [2.45, 2.75) is 33.3 Å². The molecule has 0 unspecified atom stereocenters. The quantitative estimate of drug-likeness (QED) is 0.523. The number of esters is 3. The van der Waals surface area contributed by atoms with E-state index in [9.17, 15) is 14.4 Å². The highest BCUT2D eigenvalue weighted by molar-refractivity contribution is 6.29. The van der Waals surface area contributed by atoms with Gasteiger partial charge in [-0.1, -0.05) is 11.6 Å². The van der Waals surface area contributed by atoms with Crippen LogP contribution in [0.5, 0.6) is 0 Å². The number of carbonyl (C=O) groups excluding carboxylic acids is 3. The van der Waals surface area contributed by atoms with Crippen molar-refractivity contribution in [1.29, 1.82) is 0 Å². The van der Waals surface area contributed by atoms with Crippen LogP contribution in [0.1, 0.15) is 27.2 Å². The topological polar surface area (TPSA) is 78.9 Å². The van der Waals surface area contributed by atoms with Crippen molar-refractivity contribution >= 4 is 29.5 Å². The second kappa shape index (κ2) is 9.38. The van der Waals surface area contributed by atoms with Crippen molar-refractivity contribution < 1.29 is 28.6 Å². The first-order valence-electron chi connectivity index (χ1n) is 5.61. The predicted octanol–water partition coefficient (Wildman–Crippen LogP) is 1.56. The first-order valence-corrected chi connectivity index (χ1v) is 5.99. The molecule has 0 aliphatic rings. The van der Waals surface area contributed by atoms with Gasteiger partial charge in [-0.3, -0.25) is 14.4 Å². The number of carbonyl (C=O) groups is 3. The summed E-state index contributed by atoms with van der Waals surface area (Å²) in [6.07, 6.45) is 0.972. The van der Waals surface area contributed by atoms with Crippen LogP contribution in [0.3, 0.4) is 0 Å². The number of halogens is 1. The molecule has 0 N–H and O–H groups in total. The van der Waals surface area contributed by atoms with Crippen molar-refractivity contribution in [3.8, 4) is 0 Å². The Morgan fingerprint density at radius 2 is 1.63 bits per heavy atom. The van der Waals surface area contributed by atoms with E-state index < -0.39 is 24.0 Å². The Balaban J connectivity index is 4.36. The summed E-state index contributed by atoms with van der Waals surface area (Å²) in [6, 6.07) is 0. The monoisotopic (exact) mass is 292 g/mol. The second-order valence-corrected chi connectivity index (χ2v) is 4.14. The molecule has 0 rings (SSSR count). The highest BCUT2D eigenvalue weighted by Crippen LogP contribution is 2.11. The fourth-order valence-corrected chi connectivity index (χ4v) is 1.32. The Morgan fingerprint density at radius 1 is 1.05 bits per heavy atom. The summed E-state index contributed by atoms with van der Waals surface area (Å²) in [6.45, 7) is 3.79. The van der Waals surface area contributed by atoms with E-state index >= 15 is 0 Å². The molecule has 0 aliphatic heterocycles. The van der Waals surface area contributed by atoms with E-state index in [2.05, 4.69) is 0 Å². The maximum absolute atomic E-state index is 10.9. The van der Waals surface area contributed by atoms with Crippen LogP contribution in [0, 0.1) is 0 Å². The third kappa shape index (κ3) is 11.3. The minimum atomic E-state index is -0.758. The molecule has 0 aromatic heterocycles. The van der Waals surface area contributed by atoms with E-state index in [1.54, 1.807) is 0 Å². The average molecular weight is 293 g/mol. The normalized spacial score (nSPS) is 12.5. The molecule has 7 heteroatoms. The van der Waals surface area contributed by atoms with E-state index in [-0.39, 0.29) is 13.2 Å². The van der Waals surface area contributed by atoms with Crippen molar-refractivity contribution in [3.63, 3.8) is 0 Å². The Kier molecular flexibility index (Phi) is 8.61. The molecular weight excluding hydrogens is 276 g/mol. The highest BCUT2D eigenvalue weighted by atomic mass is 35.5. The third-order valence-corrected chi connectivity index (χ3v) is 2.10. The van der Waals surface area contributed by atoms with Gasteiger partial charge in [0.15, 0.2) is 6.10 Å². The summed E-state index contributed by atoms with van der Waals surface area (Å²) < 4.78 is 14.4. The lowest BCUT2D eigenvalue weighted by molar-refractivity contribution is -0.153. The number of rotatable bonds is 7. The van der Waals surface area contributed by atoms with Crippen LogP contribution < -0.4 is 0 Å². The molecule has 0 amide bonds. The molecule has 0 aromatic carbocycles. The molecule has 0 spiro atoms. The molecule has 1 atom stereocenters. The van der Waals surface area contributed by atoms with Crippen LogP contribution >= 0.6 is 11.6 Å². The molecule has 0 aromatic rings. The number of ether oxygens (including phenoxy) is 3. The van der Waals surface area contributed by atoms with Gasteiger partial charge in [0.25, 0.3) is 0 Å². The standard InChI is InChI=1S/C12H17ClO6/c1-8(14)17-5-4-11(13)6-12(19-10(3)16)7-18-9(2)15/h6,12H,4-5,7H2,1-3H3/b11-6-/t12-/m0/s1. The molecule has 0 heterocycles. The van der Waals surface area contributed by atoms with E-state index in [1.165, 1.54) is 26.8 Å². The summed E-state index contributed by atoms with van der Waals surface area (Å²) >= 11 is 5.90. The van der Waals surface area contributed by atoms with E-state index in [0.717, 1.165) is 0 Å². The van der Waals surface area contributed by atoms with E-state index in [1.807, 2.05) is 0 Å². The Morgan fingerprint density at radius 3 is 2.11 bits per heavy atom. The zero-order valence-electron chi connectivity index (χ0n) is 11.1. The molecule has 0 saturated heterocycles. The molecule has 6 nitrogen and oxygen atoms in total. The minimum Gasteiger partial charge on any atom is -0.465 e. The van der Waals surface area contributed by atoms with Gasteiger partial charge >= 0.3 is 17.9 Å². The number of hydrogen-bond donors (Lipinski definition) is 0.